The van der Waals surface area contributed by atoms with Gasteiger partial charge in [-0.25, -0.2) is 19.2 Å². The minimum absolute atomic E-state index is 0.0798. The summed E-state index contributed by atoms with van der Waals surface area (Å²) >= 11 is 3.12. The molecule has 1 fully saturated rings. The molecule has 11 heteroatoms. The predicted octanol–water partition coefficient (Wildman–Crippen LogP) is -0.835. The number of carbonyl (C=O) groups excluding carboxylic acids is 2. The van der Waals surface area contributed by atoms with E-state index < -0.39 is 34.4 Å². The first-order valence-electron chi connectivity index (χ1n) is 5.75. The summed E-state index contributed by atoms with van der Waals surface area (Å²) in [6.07, 6.45) is 1.37. The third kappa shape index (κ3) is 2.90. The first-order chi connectivity index (χ1) is 9.77. The van der Waals surface area contributed by atoms with Crippen LogP contribution in [-0.4, -0.2) is 42.1 Å². The van der Waals surface area contributed by atoms with Gasteiger partial charge in [-0.2, -0.15) is 4.31 Å². The molecule has 1 saturated heterocycles. The van der Waals surface area contributed by atoms with E-state index in [4.69, 9.17) is 5.84 Å². The SMILES string of the molecule is CC1C(=O)NC(=O)CN1S(=O)(=O)c1cc(Br)cnc1NN. The smallest absolute Gasteiger partial charge is 0.248 e. The van der Waals surface area contributed by atoms with Crippen LogP contribution in [0.5, 0.6) is 0 Å². The van der Waals surface area contributed by atoms with Crippen molar-refractivity contribution in [3.05, 3.63) is 16.7 Å². The zero-order valence-corrected chi connectivity index (χ0v) is 13.2. The number of nitrogens with zero attached hydrogens (tertiary/aromatic N) is 2. The summed E-state index contributed by atoms with van der Waals surface area (Å²) in [4.78, 5) is 26.7. The van der Waals surface area contributed by atoms with Crippen LogP contribution in [0.1, 0.15) is 6.92 Å². The Labute approximate surface area is 129 Å². The highest BCUT2D eigenvalue weighted by atomic mass is 79.9. The lowest BCUT2D eigenvalue weighted by molar-refractivity contribution is -0.136. The maximum atomic E-state index is 12.7. The highest BCUT2D eigenvalue weighted by Crippen LogP contribution is 2.27. The Balaban J connectivity index is 2.53. The molecular formula is C10H12BrN5O4S. The summed E-state index contributed by atoms with van der Waals surface area (Å²) < 4.78 is 26.5. The number of carbonyl (C=O) groups is 2. The van der Waals surface area contributed by atoms with Gasteiger partial charge in [-0.1, -0.05) is 0 Å². The summed E-state index contributed by atoms with van der Waals surface area (Å²) in [6, 6.07) is 0.277. The largest absolute Gasteiger partial charge is 0.307 e. The molecule has 9 nitrogen and oxygen atoms in total. The predicted molar refractivity (Wildman–Crippen MR) is 76.3 cm³/mol. The minimum Gasteiger partial charge on any atom is -0.307 e. The second-order valence-corrected chi connectivity index (χ2v) is 7.06. The van der Waals surface area contributed by atoms with E-state index in [9.17, 15) is 18.0 Å². The molecule has 1 aromatic heterocycles. The average molecular weight is 378 g/mol. The molecule has 0 saturated carbocycles. The normalized spacial score (nSPS) is 20.2. The summed E-state index contributed by atoms with van der Waals surface area (Å²) in [5.74, 6) is 3.81. The number of anilines is 1. The van der Waals surface area contributed by atoms with E-state index in [1.54, 1.807) is 0 Å². The van der Waals surface area contributed by atoms with Gasteiger partial charge in [-0.3, -0.25) is 14.9 Å². The summed E-state index contributed by atoms with van der Waals surface area (Å²) in [7, 11) is -4.13. The fourth-order valence-corrected chi connectivity index (χ4v) is 4.00. The Morgan fingerprint density at radius 2 is 2.19 bits per heavy atom. The topological polar surface area (TPSA) is 134 Å². The van der Waals surface area contributed by atoms with Gasteiger partial charge in [0.05, 0.1) is 6.54 Å². The van der Waals surface area contributed by atoms with Crippen molar-refractivity contribution in [1.82, 2.24) is 14.6 Å². The lowest BCUT2D eigenvalue weighted by atomic mass is 10.2. The van der Waals surface area contributed by atoms with E-state index in [2.05, 4.69) is 31.7 Å². The molecule has 1 aliphatic rings. The third-order valence-corrected chi connectivity index (χ3v) is 5.28. The number of hydrogen-bond acceptors (Lipinski definition) is 7. The molecule has 2 heterocycles. The zero-order valence-electron chi connectivity index (χ0n) is 10.8. The molecule has 0 bridgehead atoms. The number of piperazine rings is 1. The molecule has 0 aliphatic carbocycles. The molecule has 0 radical (unpaired) electrons. The molecule has 1 unspecified atom stereocenters. The molecule has 21 heavy (non-hydrogen) atoms. The van der Waals surface area contributed by atoms with Crippen molar-refractivity contribution in [2.45, 2.75) is 17.9 Å². The fraction of sp³-hybridized carbons (Fsp3) is 0.300. The Morgan fingerprint density at radius 3 is 2.81 bits per heavy atom. The van der Waals surface area contributed by atoms with Crippen LogP contribution >= 0.6 is 15.9 Å². The maximum Gasteiger partial charge on any atom is 0.248 e. The van der Waals surface area contributed by atoms with Crippen molar-refractivity contribution < 1.29 is 18.0 Å². The standard InChI is InChI=1S/C10H12BrN5O4S/c1-5-10(18)14-8(17)4-16(5)21(19,20)7-2-6(11)3-13-9(7)15-12/h2-3,5H,4,12H2,1H3,(H,13,15)(H,14,17,18). The second-order valence-electron chi connectivity index (χ2n) is 4.28. The monoisotopic (exact) mass is 377 g/mol. The lowest BCUT2D eigenvalue weighted by Gasteiger charge is -2.30. The number of imide groups is 1. The van der Waals surface area contributed by atoms with Crippen molar-refractivity contribution in [3.8, 4) is 0 Å². The molecular weight excluding hydrogens is 366 g/mol. The van der Waals surface area contributed by atoms with Gasteiger partial charge in [0, 0.05) is 10.7 Å². The Bertz CT molecular complexity index is 707. The van der Waals surface area contributed by atoms with Gasteiger partial charge in [0.1, 0.15) is 10.9 Å². The van der Waals surface area contributed by atoms with Gasteiger partial charge in [-0.15, -0.1) is 0 Å². The number of nitrogens with two attached hydrogens (primary N) is 1. The van der Waals surface area contributed by atoms with E-state index in [-0.39, 0.29) is 10.7 Å². The van der Waals surface area contributed by atoms with Crippen LogP contribution in [-0.2, 0) is 19.6 Å². The Hall–Kier alpha value is -1.56. The maximum absolute atomic E-state index is 12.7. The van der Waals surface area contributed by atoms with Crippen molar-refractivity contribution in [2.75, 3.05) is 12.0 Å². The van der Waals surface area contributed by atoms with Crippen molar-refractivity contribution in [2.24, 2.45) is 5.84 Å². The number of nitrogen functional groups attached to an aromatic ring is 1. The highest BCUT2D eigenvalue weighted by molar-refractivity contribution is 9.10. The average Bonchev–Trinajstić information content (AvgIpc) is 2.42. The van der Waals surface area contributed by atoms with E-state index in [1.165, 1.54) is 19.2 Å². The number of hydrogen-bond donors (Lipinski definition) is 3. The summed E-state index contributed by atoms with van der Waals surface area (Å²) in [6.45, 7) is 0.937. The van der Waals surface area contributed by atoms with Gasteiger partial charge in [0.25, 0.3) is 0 Å². The number of amides is 2. The van der Waals surface area contributed by atoms with Crippen LogP contribution in [0.2, 0.25) is 0 Å². The van der Waals surface area contributed by atoms with E-state index in [0.29, 0.717) is 4.47 Å². The van der Waals surface area contributed by atoms with E-state index in [1.807, 2.05) is 0 Å². The van der Waals surface area contributed by atoms with Gasteiger partial charge in [-0.05, 0) is 28.9 Å². The molecule has 4 N–H and O–H groups in total. The van der Waals surface area contributed by atoms with Crippen molar-refractivity contribution in [3.63, 3.8) is 0 Å². The van der Waals surface area contributed by atoms with Gasteiger partial charge >= 0.3 is 0 Å². The van der Waals surface area contributed by atoms with Gasteiger partial charge in [0.15, 0.2) is 5.82 Å². The van der Waals surface area contributed by atoms with Gasteiger partial charge in [0.2, 0.25) is 21.8 Å². The quantitative estimate of drug-likeness (QED) is 0.355. The molecule has 0 aromatic carbocycles. The number of aromatic nitrogens is 1. The molecule has 1 atom stereocenters. The van der Waals surface area contributed by atoms with Gasteiger partial charge < -0.3 is 5.43 Å². The number of halogens is 1. The Kier molecular flexibility index (Phi) is 4.27. The number of nitrogens with one attached hydrogen (secondary N) is 2. The zero-order chi connectivity index (χ0) is 15.8. The minimum atomic E-state index is -4.13. The fourth-order valence-electron chi connectivity index (χ4n) is 1.84. The molecule has 1 aliphatic heterocycles. The molecule has 114 valence electrons. The lowest BCUT2D eigenvalue weighted by Crippen LogP contribution is -2.58. The number of hydrazine groups is 1. The van der Waals surface area contributed by atoms with Crippen LogP contribution in [0.4, 0.5) is 5.82 Å². The van der Waals surface area contributed by atoms with Crippen molar-refractivity contribution in [1.29, 1.82) is 0 Å². The number of sulfonamides is 1. The van der Waals surface area contributed by atoms with Crippen molar-refractivity contribution >= 4 is 43.6 Å². The van der Waals surface area contributed by atoms with E-state index in [0.717, 1.165) is 4.31 Å². The molecule has 2 amide bonds. The highest BCUT2D eigenvalue weighted by Gasteiger charge is 2.40. The van der Waals surface area contributed by atoms with Crippen LogP contribution < -0.4 is 16.6 Å². The van der Waals surface area contributed by atoms with Crippen LogP contribution in [0, 0.1) is 0 Å². The number of rotatable bonds is 3. The Morgan fingerprint density at radius 1 is 1.52 bits per heavy atom. The first-order valence-corrected chi connectivity index (χ1v) is 7.98. The summed E-state index contributed by atoms with van der Waals surface area (Å²) in [5, 5.41) is 2.07. The third-order valence-electron chi connectivity index (χ3n) is 2.92. The molecule has 1 aromatic rings. The van der Waals surface area contributed by atoms with Crippen LogP contribution in [0.3, 0.4) is 0 Å². The molecule has 0 spiro atoms. The first kappa shape index (κ1) is 15.8. The second kappa shape index (κ2) is 5.67. The van der Waals surface area contributed by atoms with E-state index >= 15 is 0 Å². The molecule has 2 rings (SSSR count). The van der Waals surface area contributed by atoms with Crippen LogP contribution in [0.25, 0.3) is 0 Å². The summed E-state index contributed by atoms with van der Waals surface area (Å²) in [5.41, 5.74) is 2.18. The number of pyridine rings is 1. The van der Waals surface area contributed by atoms with Crippen LogP contribution in [0.15, 0.2) is 21.6 Å².